The zero-order valence-electron chi connectivity index (χ0n) is 16.7. The van der Waals surface area contributed by atoms with E-state index in [0.717, 1.165) is 24.2 Å². The van der Waals surface area contributed by atoms with Gasteiger partial charge in [-0.25, -0.2) is 23.1 Å². The van der Waals surface area contributed by atoms with E-state index in [-0.39, 0.29) is 4.90 Å². The summed E-state index contributed by atoms with van der Waals surface area (Å²) in [6.07, 6.45) is 3.10. The summed E-state index contributed by atoms with van der Waals surface area (Å²) in [5.74, 6) is 0.474. The molecule has 1 N–H and O–H groups in total. The largest absolute Gasteiger partial charge is 0.306 e. The number of aryl methyl sites for hydroxylation is 2. The van der Waals surface area contributed by atoms with Crippen molar-refractivity contribution in [1.82, 2.24) is 24.1 Å². The second kappa shape index (κ2) is 7.96. The number of nitrogens with one attached hydrogen (secondary N) is 1. The van der Waals surface area contributed by atoms with E-state index in [9.17, 15) is 13.2 Å². The van der Waals surface area contributed by atoms with E-state index >= 15 is 0 Å². The summed E-state index contributed by atoms with van der Waals surface area (Å²) in [5, 5.41) is 7.09. The lowest BCUT2D eigenvalue weighted by Gasteiger charge is -2.15. The number of sulfonamides is 1. The minimum absolute atomic E-state index is 0.190. The Bertz CT molecular complexity index is 1180. The van der Waals surface area contributed by atoms with Gasteiger partial charge in [0.1, 0.15) is 12.1 Å². The SMILES string of the molecule is Cc1cc(C)n(-c2cc(NC(=O)c3ccc(S(=O)(=O)N4CCCC4)cc3)ncn2)n1. The van der Waals surface area contributed by atoms with Gasteiger partial charge in [-0.2, -0.15) is 9.40 Å². The average molecular weight is 427 g/mol. The fraction of sp³-hybridized carbons (Fsp3) is 0.300. The number of hydrogen-bond acceptors (Lipinski definition) is 6. The number of aromatic nitrogens is 4. The molecule has 0 bridgehead atoms. The second-order valence-electron chi connectivity index (χ2n) is 7.19. The molecule has 1 aliphatic rings. The summed E-state index contributed by atoms with van der Waals surface area (Å²) in [6, 6.07) is 9.48. The molecule has 4 rings (SSSR count). The minimum atomic E-state index is -3.51. The molecule has 10 heteroatoms. The van der Waals surface area contributed by atoms with Crippen molar-refractivity contribution >= 4 is 21.7 Å². The fourth-order valence-corrected chi connectivity index (χ4v) is 4.95. The molecule has 3 heterocycles. The van der Waals surface area contributed by atoms with Gasteiger partial charge >= 0.3 is 0 Å². The van der Waals surface area contributed by atoms with Crippen LogP contribution in [-0.4, -0.2) is 51.5 Å². The van der Waals surface area contributed by atoms with E-state index in [0.29, 0.717) is 30.3 Å². The quantitative estimate of drug-likeness (QED) is 0.670. The van der Waals surface area contributed by atoms with Crippen LogP contribution in [-0.2, 0) is 10.0 Å². The maximum absolute atomic E-state index is 12.6. The first-order chi connectivity index (χ1) is 14.3. The van der Waals surface area contributed by atoms with Crippen molar-refractivity contribution in [3.05, 3.63) is 59.7 Å². The van der Waals surface area contributed by atoms with Crippen LogP contribution in [0.1, 0.15) is 34.6 Å². The summed E-state index contributed by atoms with van der Waals surface area (Å²) in [4.78, 5) is 21.1. The van der Waals surface area contributed by atoms with Crippen LogP contribution in [0, 0.1) is 13.8 Å². The molecule has 1 amide bonds. The van der Waals surface area contributed by atoms with E-state index in [1.807, 2.05) is 19.9 Å². The second-order valence-corrected chi connectivity index (χ2v) is 9.13. The van der Waals surface area contributed by atoms with Crippen LogP contribution >= 0.6 is 0 Å². The van der Waals surface area contributed by atoms with Crippen molar-refractivity contribution in [1.29, 1.82) is 0 Å². The summed E-state index contributed by atoms with van der Waals surface area (Å²) >= 11 is 0. The molecule has 1 aromatic carbocycles. The Morgan fingerprint density at radius 1 is 1.03 bits per heavy atom. The fourth-order valence-electron chi connectivity index (χ4n) is 3.44. The highest BCUT2D eigenvalue weighted by molar-refractivity contribution is 7.89. The Morgan fingerprint density at radius 2 is 1.73 bits per heavy atom. The predicted octanol–water partition coefficient (Wildman–Crippen LogP) is 2.32. The lowest BCUT2D eigenvalue weighted by atomic mass is 10.2. The lowest BCUT2D eigenvalue weighted by Crippen LogP contribution is -2.27. The number of hydrogen-bond donors (Lipinski definition) is 1. The third kappa shape index (κ3) is 3.96. The number of rotatable bonds is 5. The molecule has 30 heavy (non-hydrogen) atoms. The molecule has 1 fully saturated rings. The maximum atomic E-state index is 12.6. The molecule has 1 aliphatic heterocycles. The Hall–Kier alpha value is -3.11. The topological polar surface area (TPSA) is 110 Å². The standard InChI is InChI=1S/C20H22N6O3S/c1-14-11-15(2)26(24-14)19-12-18(21-13-22-19)23-20(27)16-5-7-17(8-6-16)30(28,29)25-9-3-4-10-25/h5-8,11-13H,3-4,9-10H2,1-2H3,(H,21,22,23,27). The van der Waals surface area contributed by atoms with Crippen molar-refractivity contribution < 1.29 is 13.2 Å². The molecule has 0 aliphatic carbocycles. The number of carbonyl (C=O) groups is 1. The first-order valence-electron chi connectivity index (χ1n) is 9.62. The molecular weight excluding hydrogens is 404 g/mol. The Labute approximate surface area is 174 Å². The smallest absolute Gasteiger partial charge is 0.256 e. The number of benzene rings is 1. The molecule has 0 atom stereocenters. The highest BCUT2D eigenvalue weighted by Gasteiger charge is 2.27. The van der Waals surface area contributed by atoms with E-state index < -0.39 is 15.9 Å². The monoisotopic (exact) mass is 426 g/mol. The summed E-state index contributed by atoms with van der Waals surface area (Å²) in [5.41, 5.74) is 2.11. The van der Waals surface area contributed by atoms with Crippen LogP contribution in [0.25, 0.3) is 5.82 Å². The van der Waals surface area contributed by atoms with E-state index in [1.165, 1.54) is 34.9 Å². The minimum Gasteiger partial charge on any atom is -0.306 e. The molecule has 0 unspecified atom stereocenters. The van der Waals surface area contributed by atoms with Crippen molar-refractivity contribution in [3.63, 3.8) is 0 Å². The molecule has 0 radical (unpaired) electrons. The van der Waals surface area contributed by atoms with Gasteiger partial charge in [0.2, 0.25) is 10.0 Å². The van der Waals surface area contributed by atoms with Crippen molar-refractivity contribution in [2.45, 2.75) is 31.6 Å². The molecule has 0 spiro atoms. The van der Waals surface area contributed by atoms with E-state index in [4.69, 9.17) is 0 Å². The van der Waals surface area contributed by atoms with Gasteiger partial charge in [-0.15, -0.1) is 0 Å². The third-order valence-electron chi connectivity index (χ3n) is 4.94. The zero-order chi connectivity index (χ0) is 21.3. The summed E-state index contributed by atoms with van der Waals surface area (Å²) in [6.45, 7) is 4.88. The summed E-state index contributed by atoms with van der Waals surface area (Å²) in [7, 11) is -3.51. The molecular formula is C20H22N6O3S. The first kappa shape index (κ1) is 20.2. The predicted molar refractivity (Wildman–Crippen MR) is 111 cm³/mol. The molecule has 1 saturated heterocycles. The first-order valence-corrected chi connectivity index (χ1v) is 11.1. The average Bonchev–Trinajstić information content (AvgIpc) is 3.38. The van der Waals surface area contributed by atoms with Crippen LogP contribution < -0.4 is 5.32 Å². The van der Waals surface area contributed by atoms with Crippen LogP contribution in [0.2, 0.25) is 0 Å². The molecule has 9 nitrogen and oxygen atoms in total. The van der Waals surface area contributed by atoms with E-state index in [1.54, 1.807) is 10.7 Å². The lowest BCUT2D eigenvalue weighted by molar-refractivity contribution is 0.102. The molecule has 3 aromatic rings. The van der Waals surface area contributed by atoms with Gasteiger partial charge in [0.25, 0.3) is 5.91 Å². The third-order valence-corrected chi connectivity index (χ3v) is 6.85. The van der Waals surface area contributed by atoms with Crippen LogP contribution in [0.4, 0.5) is 5.82 Å². The molecule has 2 aromatic heterocycles. The number of carbonyl (C=O) groups excluding carboxylic acids is 1. The van der Waals surface area contributed by atoms with Gasteiger partial charge in [-0.3, -0.25) is 4.79 Å². The number of amides is 1. The summed E-state index contributed by atoms with van der Waals surface area (Å²) < 4.78 is 28.4. The van der Waals surface area contributed by atoms with Gasteiger partial charge in [-0.05, 0) is 57.0 Å². The van der Waals surface area contributed by atoms with Crippen LogP contribution in [0.15, 0.2) is 47.6 Å². The van der Waals surface area contributed by atoms with Gasteiger partial charge in [-0.1, -0.05) is 0 Å². The number of anilines is 1. The van der Waals surface area contributed by atoms with Gasteiger partial charge < -0.3 is 5.32 Å². The molecule has 0 saturated carbocycles. The maximum Gasteiger partial charge on any atom is 0.256 e. The number of nitrogens with zero attached hydrogens (tertiary/aromatic N) is 5. The van der Waals surface area contributed by atoms with Gasteiger partial charge in [0.05, 0.1) is 10.6 Å². The highest BCUT2D eigenvalue weighted by Crippen LogP contribution is 2.21. The van der Waals surface area contributed by atoms with Crippen molar-refractivity contribution in [3.8, 4) is 5.82 Å². The highest BCUT2D eigenvalue weighted by atomic mass is 32.2. The Morgan fingerprint density at radius 3 is 2.37 bits per heavy atom. The van der Waals surface area contributed by atoms with Crippen molar-refractivity contribution in [2.24, 2.45) is 0 Å². The Kier molecular flexibility index (Phi) is 5.35. The Balaban J connectivity index is 1.50. The molecule has 156 valence electrons. The van der Waals surface area contributed by atoms with Crippen molar-refractivity contribution in [2.75, 3.05) is 18.4 Å². The van der Waals surface area contributed by atoms with Gasteiger partial charge in [0, 0.05) is 30.4 Å². The normalized spacial score (nSPS) is 14.7. The van der Waals surface area contributed by atoms with Gasteiger partial charge in [0.15, 0.2) is 5.82 Å². The van der Waals surface area contributed by atoms with Crippen LogP contribution in [0.3, 0.4) is 0 Å². The van der Waals surface area contributed by atoms with Crippen LogP contribution in [0.5, 0.6) is 0 Å². The van der Waals surface area contributed by atoms with E-state index in [2.05, 4.69) is 20.4 Å². The zero-order valence-corrected chi connectivity index (χ0v) is 17.6.